The minimum Gasteiger partial charge on any atom is -0.487 e. The number of benzene rings is 1. The Morgan fingerprint density at radius 3 is 2.96 bits per heavy atom. The van der Waals surface area contributed by atoms with Gasteiger partial charge in [0.15, 0.2) is 0 Å². The predicted octanol–water partition coefficient (Wildman–Crippen LogP) is 2.46. The third kappa shape index (κ3) is 3.54. The number of hydrogen-bond acceptors (Lipinski definition) is 4. The van der Waals surface area contributed by atoms with Crippen molar-refractivity contribution in [3.05, 3.63) is 48.5 Å². The molecule has 6 nitrogen and oxygen atoms in total. The predicted molar refractivity (Wildman–Crippen MR) is 92.2 cm³/mol. The number of amides is 1. The van der Waals surface area contributed by atoms with Crippen LogP contribution in [0.4, 0.5) is 0 Å². The summed E-state index contributed by atoms with van der Waals surface area (Å²) in [5.74, 6) is 0.938. The van der Waals surface area contributed by atoms with E-state index in [2.05, 4.69) is 10.3 Å². The second-order valence-electron chi connectivity index (χ2n) is 6.81. The maximum absolute atomic E-state index is 12.5. The third-order valence-corrected chi connectivity index (χ3v) is 5.09. The molecule has 6 heteroatoms. The highest BCUT2D eigenvalue weighted by Gasteiger charge is 2.42. The van der Waals surface area contributed by atoms with Crippen LogP contribution in [-0.2, 0) is 16.1 Å². The van der Waals surface area contributed by atoms with Gasteiger partial charge >= 0.3 is 0 Å². The largest absolute Gasteiger partial charge is 0.487 e. The Bertz CT molecular complexity index is 723. The zero-order valence-corrected chi connectivity index (χ0v) is 14.2. The van der Waals surface area contributed by atoms with E-state index in [-0.39, 0.29) is 17.6 Å². The summed E-state index contributed by atoms with van der Waals surface area (Å²) in [5.41, 5.74) is 0.838. The highest BCUT2D eigenvalue weighted by Crippen LogP contribution is 2.43. The minimum absolute atomic E-state index is 0.0154. The third-order valence-electron chi connectivity index (χ3n) is 5.09. The molecule has 1 atom stereocenters. The van der Waals surface area contributed by atoms with Gasteiger partial charge in [-0.25, -0.2) is 4.98 Å². The zero-order chi connectivity index (χ0) is 17.1. The van der Waals surface area contributed by atoms with Crippen LogP contribution in [0.1, 0.15) is 37.3 Å². The highest BCUT2D eigenvalue weighted by molar-refractivity contribution is 5.76. The number of nitrogens with one attached hydrogen (secondary N) is 1. The van der Waals surface area contributed by atoms with Crippen LogP contribution in [0.2, 0.25) is 0 Å². The summed E-state index contributed by atoms with van der Waals surface area (Å²) >= 11 is 0. The van der Waals surface area contributed by atoms with Crippen molar-refractivity contribution < 1.29 is 14.3 Å². The van der Waals surface area contributed by atoms with Crippen molar-refractivity contribution in [3.63, 3.8) is 0 Å². The van der Waals surface area contributed by atoms with Gasteiger partial charge in [0, 0.05) is 50.2 Å². The molecule has 1 aromatic carbocycles. The molecule has 1 saturated heterocycles. The van der Waals surface area contributed by atoms with Crippen molar-refractivity contribution in [2.75, 3.05) is 13.2 Å². The number of imidazole rings is 1. The molecule has 1 N–H and O–H groups in total. The number of carbonyl (C=O) groups excluding carboxylic acids is 1. The Balaban J connectivity index is 1.48. The fourth-order valence-corrected chi connectivity index (χ4v) is 3.71. The van der Waals surface area contributed by atoms with E-state index in [9.17, 15) is 4.79 Å². The van der Waals surface area contributed by atoms with E-state index in [1.807, 2.05) is 35.0 Å². The first-order valence-electron chi connectivity index (χ1n) is 8.85. The van der Waals surface area contributed by atoms with Crippen molar-refractivity contribution in [1.29, 1.82) is 0 Å². The fourth-order valence-electron chi connectivity index (χ4n) is 3.71. The molecule has 0 radical (unpaired) electrons. The lowest BCUT2D eigenvalue weighted by atomic mass is 9.82. The number of aromatic nitrogens is 2. The summed E-state index contributed by atoms with van der Waals surface area (Å²) in [7, 11) is 0. The number of para-hydroxylation sites is 1. The van der Waals surface area contributed by atoms with E-state index < -0.39 is 0 Å². The standard InChI is InChI=1S/C19H23N3O3/c23-18(5-9-22-10-8-20-14-22)21-16-13-19(6-11-24-12-7-19)25-17-4-2-1-3-15(16)17/h1-4,8,10,14,16H,5-7,9,11-13H2,(H,21,23)/t16-/m0/s1. The molecule has 3 heterocycles. The molecule has 2 aromatic rings. The summed E-state index contributed by atoms with van der Waals surface area (Å²) in [6, 6.07) is 8.00. The number of ether oxygens (including phenoxy) is 2. The maximum Gasteiger partial charge on any atom is 0.222 e. The molecule has 0 bridgehead atoms. The fraction of sp³-hybridized carbons (Fsp3) is 0.474. The molecule has 2 aliphatic rings. The van der Waals surface area contributed by atoms with Gasteiger partial charge in [0.05, 0.1) is 25.6 Å². The quantitative estimate of drug-likeness (QED) is 0.928. The zero-order valence-electron chi connectivity index (χ0n) is 14.2. The number of nitrogens with zero attached hydrogens (tertiary/aromatic N) is 2. The SMILES string of the molecule is O=C(CCn1ccnc1)N[C@H]1CC2(CCOCC2)Oc2ccccc21. The van der Waals surface area contributed by atoms with Gasteiger partial charge in [-0.05, 0) is 6.07 Å². The Morgan fingerprint density at radius 1 is 1.32 bits per heavy atom. The van der Waals surface area contributed by atoms with Gasteiger partial charge in [0.2, 0.25) is 5.91 Å². The van der Waals surface area contributed by atoms with Crippen LogP contribution in [0.25, 0.3) is 0 Å². The van der Waals surface area contributed by atoms with Crippen molar-refractivity contribution in [2.45, 2.75) is 43.9 Å². The Kier molecular flexibility index (Phi) is 4.44. The molecule has 0 aliphatic carbocycles. The summed E-state index contributed by atoms with van der Waals surface area (Å²) in [5, 5.41) is 3.22. The molecular weight excluding hydrogens is 318 g/mol. The molecule has 1 aromatic heterocycles. The molecule has 25 heavy (non-hydrogen) atoms. The first-order chi connectivity index (χ1) is 12.2. The topological polar surface area (TPSA) is 65.4 Å². The van der Waals surface area contributed by atoms with Gasteiger partial charge < -0.3 is 19.4 Å². The molecule has 4 rings (SSSR count). The Morgan fingerprint density at radius 2 is 2.16 bits per heavy atom. The summed E-state index contributed by atoms with van der Waals surface area (Å²) in [6.45, 7) is 2.06. The van der Waals surface area contributed by atoms with E-state index in [1.165, 1.54) is 0 Å². The van der Waals surface area contributed by atoms with Crippen LogP contribution in [0, 0.1) is 0 Å². The molecule has 0 saturated carbocycles. The first-order valence-corrected chi connectivity index (χ1v) is 8.85. The lowest BCUT2D eigenvalue weighted by Crippen LogP contribution is -2.48. The molecule has 1 spiro atoms. The maximum atomic E-state index is 12.5. The van der Waals surface area contributed by atoms with Crippen LogP contribution in [0.15, 0.2) is 43.0 Å². The van der Waals surface area contributed by atoms with Gasteiger partial charge in [-0.3, -0.25) is 4.79 Å². The van der Waals surface area contributed by atoms with Gasteiger partial charge in [-0.15, -0.1) is 0 Å². The lowest BCUT2D eigenvalue weighted by molar-refractivity contribution is -0.123. The van der Waals surface area contributed by atoms with Crippen LogP contribution in [0.5, 0.6) is 5.75 Å². The minimum atomic E-state index is -0.227. The number of fused-ring (bicyclic) bond motifs is 1. The smallest absolute Gasteiger partial charge is 0.222 e. The molecule has 2 aliphatic heterocycles. The molecular formula is C19H23N3O3. The van der Waals surface area contributed by atoms with Gasteiger partial charge in [0.1, 0.15) is 11.4 Å². The van der Waals surface area contributed by atoms with E-state index in [1.54, 1.807) is 12.5 Å². The van der Waals surface area contributed by atoms with Crippen LogP contribution < -0.4 is 10.1 Å². The summed E-state index contributed by atoms with van der Waals surface area (Å²) < 4.78 is 13.8. The molecule has 0 unspecified atom stereocenters. The highest BCUT2D eigenvalue weighted by atomic mass is 16.5. The number of rotatable bonds is 4. The van der Waals surface area contributed by atoms with Crippen molar-refractivity contribution >= 4 is 5.91 Å². The van der Waals surface area contributed by atoms with Crippen LogP contribution in [-0.4, -0.2) is 34.3 Å². The van der Waals surface area contributed by atoms with Gasteiger partial charge in [0.25, 0.3) is 0 Å². The molecule has 1 fully saturated rings. The van der Waals surface area contributed by atoms with Crippen molar-refractivity contribution in [3.8, 4) is 5.75 Å². The van der Waals surface area contributed by atoms with E-state index >= 15 is 0 Å². The number of hydrogen-bond donors (Lipinski definition) is 1. The second kappa shape index (κ2) is 6.88. The number of aryl methyl sites for hydroxylation is 1. The normalized spacial score (nSPS) is 21.4. The first kappa shape index (κ1) is 16.1. The van der Waals surface area contributed by atoms with Gasteiger partial charge in [-0.2, -0.15) is 0 Å². The molecule has 132 valence electrons. The van der Waals surface area contributed by atoms with E-state index in [0.29, 0.717) is 26.2 Å². The van der Waals surface area contributed by atoms with E-state index in [4.69, 9.17) is 9.47 Å². The summed E-state index contributed by atoms with van der Waals surface area (Å²) in [6.07, 6.45) is 8.28. The van der Waals surface area contributed by atoms with Crippen molar-refractivity contribution in [2.24, 2.45) is 0 Å². The van der Waals surface area contributed by atoms with Crippen LogP contribution in [0.3, 0.4) is 0 Å². The van der Waals surface area contributed by atoms with E-state index in [0.717, 1.165) is 30.6 Å². The average molecular weight is 341 g/mol. The molecule has 1 amide bonds. The summed E-state index contributed by atoms with van der Waals surface area (Å²) in [4.78, 5) is 16.5. The average Bonchev–Trinajstić information content (AvgIpc) is 3.14. The second-order valence-corrected chi connectivity index (χ2v) is 6.81. The lowest BCUT2D eigenvalue weighted by Gasteiger charge is -2.44. The van der Waals surface area contributed by atoms with Crippen LogP contribution >= 0.6 is 0 Å². The monoisotopic (exact) mass is 341 g/mol. The van der Waals surface area contributed by atoms with Gasteiger partial charge in [-0.1, -0.05) is 18.2 Å². The van der Waals surface area contributed by atoms with Crippen molar-refractivity contribution in [1.82, 2.24) is 14.9 Å². The Hall–Kier alpha value is -2.34. The Labute approximate surface area is 147 Å². The number of carbonyl (C=O) groups is 1.